The number of thiophene rings is 1. The minimum absolute atomic E-state index is 0.553. The molecule has 0 aliphatic carbocycles. The molecule has 0 fully saturated rings. The highest BCUT2D eigenvalue weighted by molar-refractivity contribution is 8.13. The number of hydrogen-bond donors (Lipinski definition) is 1. The van der Waals surface area contributed by atoms with E-state index in [4.69, 9.17) is 11.6 Å². The van der Waals surface area contributed by atoms with Crippen LogP contribution >= 0.6 is 34.7 Å². The van der Waals surface area contributed by atoms with Gasteiger partial charge in [0, 0.05) is 10.8 Å². The minimum Gasteiger partial charge on any atom is -0.346 e. The first-order valence-electron chi connectivity index (χ1n) is 7.25. The Kier molecular flexibility index (Phi) is 3.69. The molecule has 22 heavy (non-hydrogen) atoms. The van der Waals surface area contributed by atoms with Gasteiger partial charge in [-0.25, -0.2) is 9.48 Å². The molecule has 2 aliphatic rings. The number of amidine groups is 1. The van der Waals surface area contributed by atoms with Crippen LogP contribution in [0.4, 0.5) is 5.69 Å². The Balaban J connectivity index is 1.79. The summed E-state index contributed by atoms with van der Waals surface area (Å²) in [5, 5.41) is 15.3. The van der Waals surface area contributed by atoms with Crippen LogP contribution in [0, 0.1) is 0 Å². The topological polar surface area (TPSA) is 26.5 Å². The SMILES string of the molecule is O[C@]1(c2cccs2)CN(c2ccc(Cl)cc2)C2=[N+]1CCCS2. The molecule has 0 saturated carbocycles. The van der Waals surface area contributed by atoms with Crippen LogP contribution in [0.1, 0.15) is 11.3 Å². The van der Waals surface area contributed by atoms with Crippen LogP contribution in [0.15, 0.2) is 41.8 Å². The van der Waals surface area contributed by atoms with Crippen LogP contribution in [-0.2, 0) is 5.72 Å². The first kappa shape index (κ1) is 14.6. The molecular weight excluding hydrogens is 336 g/mol. The smallest absolute Gasteiger partial charge is 0.316 e. The Morgan fingerprint density at radius 3 is 2.77 bits per heavy atom. The van der Waals surface area contributed by atoms with E-state index in [1.807, 2.05) is 53.5 Å². The van der Waals surface area contributed by atoms with E-state index in [-0.39, 0.29) is 0 Å². The number of rotatable bonds is 2. The summed E-state index contributed by atoms with van der Waals surface area (Å²) >= 11 is 9.44. The summed E-state index contributed by atoms with van der Waals surface area (Å²) in [6, 6.07) is 11.9. The predicted octanol–water partition coefficient (Wildman–Crippen LogP) is 3.57. The summed E-state index contributed by atoms with van der Waals surface area (Å²) < 4.78 is 2.15. The molecule has 0 saturated heterocycles. The van der Waals surface area contributed by atoms with E-state index in [9.17, 15) is 5.11 Å². The molecular formula is C16H16ClN2OS2+. The van der Waals surface area contributed by atoms with Crippen LogP contribution in [0.5, 0.6) is 0 Å². The average molecular weight is 352 g/mol. The Hall–Kier alpha value is -1.01. The number of benzene rings is 1. The van der Waals surface area contributed by atoms with Gasteiger partial charge in [0.05, 0.1) is 11.4 Å². The molecule has 0 spiro atoms. The zero-order valence-electron chi connectivity index (χ0n) is 11.9. The van der Waals surface area contributed by atoms with Gasteiger partial charge < -0.3 is 5.11 Å². The number of halogens is 1. The maximum atomic E-state index is 11.4. The zero-order chi connectivity index (χ0) is 15.2. The molecule has 3 heterocycles. The number of nitrogens with zero attached hydrogens (tertiary/aromatic N) is 2. The largest absolute Gasteiger partial charge is 0.346 e. The summed E-state index contributed by atoms with van der Waals surface area (Å²) in [5.74, 6) is 1.09. The van der Waals surface area contributed by atoms with Gasteiger partial charge in [-0.1, -0.05) is 17.7 Å². The Morgan fingerprint density at radius 1 is 1.23 bits per heavy atom. The van der Waals surface area contributed by atoms with Crippen LogP contribution in [0.3, 0.4) is 0 Å². The fraction of sp³-hybridized carbons (Fsp3) is 0.312. The van der Waals surface area contributed by atoms with Gasteiger partial charge in [-0.05, 0) is 53.9 Å². The van der Waals surface area contributed by atoms with Crippen molar-refractivity contribution in [3.8, 4) is 0 Å². The van der Waals surface area contributed by atoms with Crippen molar-refractivity contribution in [2.45, 2.75) is 12.1 Å². The maximum Gasteiger partial charge on any atom is 0.316 e. The highest BCUT2D eigenvalue weighted by Crippen LogP contribution is 2.39. The molecule has 4 rings (SSSR count). The lowest BCUT2D eigenvalue weighted by atomic mass is 10.1. The lowest BCUT2D eigenvalue weighted by Gasteiger charge is -2.22. The molecule has 0 unspecified atom stereocenters. The van der Waals surface area contributed by atoms with Crippen LogP contribution < -0.4 is 4.90 Å². The summed E-state index contributed by atoms with van der Waals surface area (Å²) in [7, 11) is 0. The van der Waals surface area contributed by atoms with Gasteiger partial charge in [-0.2, -0.15) is 0 Å². The molecule has 114 valence electrons. The second-order valence-corrected chi connectivity index (χ2v) is 7.94. The number of anilines is 1. The molecule has 2 aliphatic heterocycles. The molecule has 1 aromatic carbocycles. The van der Waals surface area contributed by atoms with E-state index in [1.165, 1.54) is 0 Å². The van der Waals surface area contributed by atoms with Crippen molar-refractivity contribution < 1.29 is 9.68 Å². The van der Waals surface area contributed by atoms with Gasteiger partial charge >= 0.3 is 5.17 Å². The Morgan fingerprint density at radius 2 is 2.05 bits per heavy atom. The highest BCUT2D eigenvalue weighted by atomic mass is 35.5. The molecule has 0 radical (unpaired) electrons. The quantitative estimate of drug-likeness (QED) is 0.838. The Bertz CT molecular complexity index is 714. The maximum absolute atomic E-state index is 11.4. The molecule has 0 bridgehead atoms. The lowest BCUT2D eigenvalue weighted by molar-refractivity contribution is -0.655. The van der Waals surface area contributed by atoms with E-state index in [0.29, 0.717) is 6.54 Å². The summed E-state index contributed by atoms with van der Waals surface area (Å²) in [6.07, 6.45) is 1.09. The van der Waals surface area contributed by atoms with E-state index < -0.39 is 5.72 Å². The van der Waals surface area contributed by atoms with Crippen molar-refractivity contribution in [3.63, 3.8) is 0 Å². The predicted molar refractivity (Wildman–Crippen MR) is 94.2 cm³/mol. The fourth-order valence-corrected chi connectivity index (χ4v) is 5.17. The minimum atomic E-state index is -0.934. The van der Waals surface area contributed by atoms with Crippen molar-refractivity contribution >= 4 is 45.6 Å². The third kappa shape index (κ3) is 2.27. The van der Waals surface area contributed by atoms with Gasteiger partial charge in [0.15, 0.2) is 6.54 Å². The van der Waals surface area contributed by atoms with Crippen molar-refractivity contribution in [2.75, 3.05) is 23.7 Å². The van der Waals surface area contributed by atoms with E-state index in [0.717, 1.165) is 39.5 Å². The van der Waals surface area contributed by atoms with E-state index >= 15 is 0 Å². The third-order valence-corrected chi connectivity index (χ3v) is 6.55. The van der Waals surface area contributed by atoms with Crippen molar-refractivity contribution in [1.29, 1.82) is 0 Å². The number of aliphatic hydroxyl groups is 1. The Labute approximate surface area is 142 Å². The van der Waals surface area contributed by atoms with E-state index in [1.54, 1.807) is 11.3 Å². The second-order valence-electron chi connectivity index (χ2n) is 5.49. The molecule has 1 N–H and O–H groups in total. The van der Waals surface area contributed by atoms with Gasteiger partial charge in [0.2, 0.25) is 0 Å². The van der Waals surface area contributed by atoms with Crippen molar-refractivity contribution in [3.05, 3.63) is 51.7 Å². The number of β-amino-alcohol motifs (C(OH)–C–C–N with tert-alkyl or cyclic N) is 1. The normalized spacial score (nSPS) is 24.7. The van der Waals surface area contributed by atoms with Crippen molar-refractivity contribution in [2.24, 2.45) is 0 Å². The van der Waals surface area contributed by atoms with E-state index in [2.05, 4.69) is 9.48 Å². The molecule has 0 amide bonds. The van der Waals surface area contributed by atoms with Crippen LogP contribution in [-0.4, -0.2) is 33.7 Å². The number of thioether (sulfide) groups is 1. The summed E-state index contributed by atoms with van der Waals surface area (Å²) in [5.41, 5.74) is 0.141. The van der Waals surface area contributed by atoms with Gasteiger partial charge in [-0.3, -0.25) is 0 Å². The lowest BCUT2D eigenvalue weighted by Crippen LogP contribution is -2.40. The van der Waals surface area contributed by atoms with Crippen LogP contribution in [0.2, 0.25) is 5.02 Å². The molecule has 6 heteroatoms. The average Bonchev–Trinajstić information content (AvgIpc) is 3.17. The monoisotopic (exact) mass is 351 g/mol. The highest BCUT2D eigenvalue weighted by Gasteiger charge is 2.53. The number of hydrogen-bond acceptors (Lipinski definition) is 4. The molecule has 2 aromatic rings. The zero-order valence-corrected chi connectivity index (χ0v) is 14.3. The summed E-state index contributed by atoms with van der Waals surface area (Å²) in [4.78, 5) is 3.21. The first-order chi connectivity index (χ1) is 10.7. The van der Waals surface area contributed by atoms with Gasteiger partial charge in [0.1, 0.15) is 5.69 Å². The third-order valence-electron chi connectivity index (χ3n) is 4.10. The standard InChI is InChI=1S/C16H16ClN2OS2/c17-12-4-6-13(7-5-12)18-11-16(20,14-3-1-9-21-14)19-8-2-10-22-15(18)19/h1,3-7,9,20H,2,8,10-11H2/q+1/t16-/m0/s1. The van der Waals surface area contributed by atoms with Crippen LogP contribution in [0.25, 0.3) is 0 Å². The van der Waals surface area contributed by atoms with Gasteiger partial charge in [0.25, 0.3) is 5.72 Å². The summed E-state index contributed by atoms with van der Waals surface area (Å²) in [6.45, 7) is 1.44. The van der Waals surface area contributed by atoms with Gasteiger partial charge in [-0.15, -0.1) is 11.3 Å². The van der Waals surface area contributed by atoms with Crippen molar-refractivity contribution in [1.82, 2.24) is 0 Å². The molecule has 1 atom stereocenters. The molecule has 1 aromatic heterocycles. The first-order valence-corrected chi connectivity index (χ1v) is 9.50. The second kappa shape index (κ2) is 5.57. The fourth-order valence-electron chi connectivity index (χ4n) is 3.04. The molecule has 3 nitrogen and oxygen atoms in total.